The summed E-state index contributed by atoms with van der Waals surface area (Å²) in [5.74, 6) is 0. The monoisotopic (exact) mass is 321 g/mol. The zero-order valence-corrected chi connectivity index (χ0v) is 14.0. The van der Waals surface area contributed by atoms with Crippen LogP contribution in [0.25, 0.3) is 33.1 Å². The first-order valence-electron chi connectivity index (χ1n) is 8.38. The van der Waals surface area contributed by atoms with Crippen LogP contribution in [-0.2, 0) is 0 Å². The van der Waals surface area contributed by atoms with Gasteiger partial charge >= 0.3 is 0 Å². The Morgan fingerprint density at radius 2 is 1.28 bits per heavy atom. The molecule has 1 aromatic heterocycles. The van der Waals surface area contributed by atoms with Crippen molar-refractivity contribution in [3.8, 4) is 5.69 Å². The summed E-state index contributed by atoms with van der Waals surface area (Å²) in [6, 6.07) is 25.5. The van der Waals surface area contributed by atoms with Crippen molar-refractivity contribution < 1.29 is 0 Å². The predicted octanol–water partition coefficient (Wildman–Crippen LogP) is 6.54. The van der Waals surface area contributed by atoms with Gasteiger partial charge in [0.05, 0.1) is 16.7 Å². The van der Waals surface area contributed by atoms with Gasteiger partial charge in [-0.15, -0.1) is 0 Å². The highest BCUT2D eigenvalue weighted by molar-refractivity contribution is 6.09. The molecule has 1 heteroatoms. The molecule has 0 saturated carbocycles. The molecule has 0 saturated heterocycles. The van der Waals surface area contributed by atoms with Gasteiger partial charge in [-0.3, -0.25) is 0 Å². The largest absolute Gasteiger partial charge is 0.309 e. The minimum Gasteiger partial charge on any atom is -0.309 e. The molecule has 0 aliphatic carbocycles. The maximum absolute atomic E-state index is 3.98. The van der Waals surface area contributed by atoms with E-state index in [-0.39, 0.29) is 0 Å². The molecule has 4 aromatic rings. The van der Waals surface area contributed by atoms with Crippen molar-refractivity contribution in [3.05, 3.63) is 110 Å². The summed E-state index contributed by atoms with van der Waals surface area (Å²) in [5, 5.41) is 2.53. The average Bonchev–Trinajstić information content (AvgIpc) is 3.01. The van der Waals surface area contributed by atoms with E-state index in [0.29, 0.717) is 0 Å². The standard InChI is InChI=1S/C24H19N/c1-3-11-18(4-2)19-12-5-8-15-22(19)25-23-16-9-6-13-20(23)21-14-7-10-17-24(21)25/h3-17H,1-2H2/b18-11+. The van der Waals surface area contributed by atoms with Crippen LogP contribution in [0.15, 0.2) is 104 Å². The van der Waals surface area contributed by atoms with E-state index in [1.165, 1.54) is 21.8 Å². The lowest BCUT2D eigenvalue weighted by Gasteiger charge is -2.14. The van der Waals surface area contributed by atoms with Crippen molar-refractivity contribution in [3.63, 3.8) is 0 Å². The highest BCUT2D eigenvalue weighted by Crippen LogP contribution is 2.34. The lowest BCUT2D eigenvalue weighted by atomic mass is 10.0. The van der Waals surface area contributed by atoms with E-state index in [1.807, 2.05) is 12.2 Å². The van der Waals surface area contributed by atoms with Crippen LogP contribution < -0.4 is 0 Å². The maximum Gasteiger partial charge on any atom is 0.0541 e. The molecule has 0 N–H and O–H groups in total. The molecule has 0 atom stereocenters. The van der Waals surface area contributed by atoms with E-state index in [2.05, 4.69) is 90.5 Å². The normalized spacial score (nSPS) is 11.8. The van der Waals surface area contributed by atoms with Gasteiger partial charge in [0.25, 0.3) is 0 Å². The summed E-state index contributed by atoms with van der Waals surface area (Å²) in [7, 11) is 0. The van der Waals surface area contributed by atoms with E-state index in [1.54, 1.807) is 6.08 Å². The molecule has 0 amide bonds. The van der Waals surface area contributed by atoms with Crippen LogP contribution in [0.1, 0.15) is 5.56 Å². The molecule has 0 unspecified atom stereocenters. The Kier molecular flexibility index (Phi) is 3.83. The van der Waals surface area contributed by atoms with E-state index in [0.717, 1.165) is 16.8 Å². The predicted molar refractivity (Wildman–Crippen MR) is 109 cm³/mol. The number of nitrogens with zero attached hydrogens (tertiary/aromatic N) is 1. The van der Waals surface area contributed by atoms with Crippen molar-refractivity contribution in [2.45, 2.75) is 0 Å². The summed E-state index contributed by atoms with van der Waals surface area (Å²) >= 11 is 0. The topological polar surface area (TPSA) is 4.93 Å². The molecule has 120 valence electrons. The molecule has 0 bridgehead atoms. The number of rotatable bonds is 4. The van der Waals surface area contributed by atoms with Crippen LogP contribution in [0.5, 0.6) is 0 Å². The van der Waals surface area contributed by atoms with Gasteiger partial charge < -0.3 is 4.57 Å². The average molecular weight is 321 g/mol. The van der Waals surface area contributed by atoms with Gasteiger partial charge in [-0.05, 0) is 23.8 Å². The van der Waals surface area contributed by atoms with Gasteiger partial charge in [-0.25, -0.2) is 0 Å². The third kappa shape index (κ3) is 2.41. The van der Waals surface area contributed by atoms with Crippen molar-refractivity contribution in [2.75, 3.05) is 0 Å². The molecule has 4 rings (SSSR count). The first-order chi connectivity index (χ1) is 12.3. The van der Waals surface area contributed by atoms with Crippen molar-refractivity contribution in [2.24, 2.45) is 0 Å². The quantitative estimate of drug-likeness (QED) is 0.376. The second kappa shape index (κ2) is 6.29. The Balaban J connectivity index is 2.14. The molecule has 0 aliphatic rings. The van der Waals surface area contributed by atoms with Crippen LogP contribution >= 0.6 is 0 Å². The fraction of sp³-hybridized carbons (Fsp3) is 0. The highest BCUT2D eigenvalue weighted by atomic mass is 15.0. The summed E-state index contributed by atoms with van der Waals surface area (Å²) in [6.45, 7) is 7.81. The SMILES string of the molecule is C=C/C=C(\C=C)c1ccccc1-n1c2ccccc2c2ccccc21. The van der Waals surface area contributed by atoms with Gasteiger partial charge in [-0.1, -0.05) is 86.0 Å². The van der Waals surface area contributed by atoms with Gasteiger partial charge in [-0.2, -0.15) is 0 Å². The zero-order valence-electron chi connectivity index (χ0n) is 14.0. The van der Waals surface area contributed by atoms with Crippen LogP contribution in [0.4, 0.5) is 0 Å². The van der Waals surface area contributed by atoms with Gasteiger partial charge in [0.2, 0.25) is 0 Å². The third-order valence-electron chi connectivity index (χ3n) is 4.55. The lowest BCUT2D eigenvalue weighted by molar-refractivity contribution is 1.17. The summed E-state index contributed by atoms with van der Waals surface area (Å²) < 4.78 is 2.33. The minimum atomic E-state index is 1.06. The summed E-state index contributed by atoms with van der Waals surface area (Å²) in [5.41, 5.74) is 5.76. The van der Waals surface area contributed by atoms with Crippen molar-refractivity contribution >= 4 is 27.4 Å². The third-order valence-corrected chi connectivity index (χ3v) is 4.55. The maximum atomic E-state index is 3.98. The van der Waals surface area contributed by atoms with E-state index in [9.17, 15) is 0 Å². The van der Waals surface area contributed by atoms with Gasteiger partial charge in [0, 0.05) is 16.3 Å². The molecule has 25 heavy (non-hydrogen) atoms. The lowest BCUT2D eigenvalue weighted by Crippen LogP contribution is -1.98. The number of hydrogen-bond donors (Lipinski definition) is 0. The first kappa shape index (κ1) is 15.2. The second-order valence-corrected chi connectivity index (χ2v) is 5.95. The zero-order chi connectivity index (χ0) is 17.2. The van der Waals surface area contributed by atoms with Crippen LogP contribution in [0.3, 0.4) is 0 Å². The Hall–Kier alpha value is -3.32. The molecular weight excluding hydrogens is 302 g/mol. The number of para-hydroxylation sites is 3. The Bertz CT molecular complexity index is 1070. The summed E-state index contributed by atoms with van der Waals surface area (Å²) in [6.07, 6.45) is 5.69. The van der Waals surface area contributed by atoms with Crippen LogP contribution in [0, 0.1) is 0 Å². The van der Waals surface area contributed by atoms with E-state index < -0.39 is 0 Å². The van der Waals surface area contributed by atoms with Gasteiger partial charge in [0.1, 0.15) is 0 Å². The number of allylic oxidation sites excluding steroid dienone is 4. The number of hydrogen-bond acceptors (Lipinski definition) is 0. The fourth-order valence-corrected chi connectivity index (χ4v) is 3.49. The van der Waals surface area contributed by atoms with Crippen LogP contribution in [-0.4, -0.2) is 4.57 Å². The van der Waals surface area contributed by atoms with E-state index in [4.69, 9.17) is 0 Å². The van der Waals surface area contributed by atoms with Gasteiger partial charge in [0.15, 0.2) is 0 Å². The number of aromatic nitrogens is 1. The molecule has 3 aromatic carbocycles. The summed E-state index contributed by atoms with van der Waals surface area (Å²) in [4.78, 5) is 0. The van der Waals surface area contributed by atoms with Crippen molar-refractivity contribution in [1.29, 1.82) is 0 Å². The Morgan fingerprint density at radius 1 is 0.720 bits per heavy atom. The molecule has 0 fully saturated rings. The molecular formula is C24H19N. The fourth-order valence-electron chi connectivity index (χ4n) is 3.49. The molecule has 0 radical (unpaired) electrons. The smallest absolute Gasteiger partial charge is 0.0541 e. The van der Waals surface area contributed by atoms with Crippen LogP contribution in [0.2, 0.25) is 0 Å². The van der Waals surface area contributed by atoms with Crippen molar-refractivity contribution in [1.82, 2.24) is 4.57 Å². The Labute approximate surface area is 147 Å². The molecule has 0 aliphatic heterocycles. The minimum absolute atomic E-state index is 1.06. The molecule has 1 heterocycles. The highest BCUT2D eigenvalue weighted by Gasteiger charge is 2.14. The first-order valence-corrected chi connectivity index (χ1v) is 8.38. The Morgan fingerprint density at radius 3 is 1.88 bits per heavy atom. The molecule has 0 spiro atoms. The second-order valence-electron chi connectivity index (χ2n) is 5.95. The molecule has 1 nitrogen and oxygen atoms in total. The van der Waals surface area contributed by atoms with E-state index >= 15 is 0 Å². The number of fused-ring (bicyclic) bond motifs is 3. The number of benzene rings is 3.